The van der Waals surface area contributed by atoms with Gasteiger partial charge in [0.25, 0.3) is 0 Å². The van der Waals surface area contributed by atoms with E-state index in [1.54, 1.807) is 0 Å². The number of benzene rings is 3. The van der Waals surface area contributed by atoms with E-state index < -0.39 is 0 Å². The zero-order valence-corrected chi connectivity index (χ0v) is 11.5. The van der Waals surface area contributed by atoms with Gasteiger partial charge in [-0.3, -0.25) is 0 Å². The third kappa shape index (κ3) is 2.11. The van der Waals surface area contributed by atoms with Gasteiger partial charge in [-0.2, -0.15) is 5.10 Å². The van der Waals surface area contributed by atoms with Crippen LogP contribution in [0.5, 0.6) is 0 Å². The number of nitrogens with zero attached hydrogens (tertiary/aromatic N) is 2. The molecule has 100 valence electrons. The van der Waals surface area contributed by atoms with Crippen molar-refractivity contribution in [3.05, 3.63) is 85.1 Å². The van der Waals surface area contributed by atoms with Crippen LogP contribution in [-0.4, -0.2) is 9.78 Å². The van der Waals surface area contributed by atoms with Crippen LogP contribution in [-0.2, 0) is 0 Å². The molecule has 4 rings (SSSR count). The van der Waals surface area contributed by atoms with Crippen LogP contribution in [0.15, 0.2) is 85.1 Å². The Balaban J connectivity index is 1.85. The lowest BCUT2D eigenvalue weighted by atomic mass is 10.0. The van der Waals surface area contributed by atoms with Crippen molar-refractivity contribution in [3.8, 4) is 16.9 Å². The second kappa shape index (κ2) is 4.91. The van der Waals surface area contributed by atoms with Crippen molar-refractivity contribution in [1.82, 2.24) is 9.78 Å². The van der Waals surface area contributed by atoms with Crippen molar-refractivity contribution in [1.29, 1.82) is 0 Å². The van der Waals surface area contributed by atoms with Crippen molar-refractivity contribution in [2.75, 3.05) is 0 Å². The maximum absolute atomic E-state index is 4.72. The van der Waals surface area contributed by atoms with Gasteiger partial charge in [-0.15, -0.1) is 0 Å². The topological polar surface area (TPSA) is 17.8 Å². The zero-order chi connectivity index (χ0) is 14.1. The molecular weight excluding hydrogens is 256 g/mol. The van der Waals surface area contributed by atoms with E-state index in [4.69, 9.17) is 5.10 Å². The van der Waals surface area contributed by atoms with Gasteiger partial charge in [0.2, 0.25) is 0 Å². The van der Waals surface area contributed by atoms with Crippen molar-refractivity contribution in [2.24, 2.45) is 0 Å². The van der Waals surface area contributed by atoms with E-state index in [2.05, 4.69) is 60.7 Å². The number of para-hydroxylation sites is 1. The Bertz CT molecular complexity index is 886. The van der Waals surface area contributed by atoms with Crippen molar-refractivity contribution in [3.63, 3.8) is 0 Å². The van der Waals surface area contributed by atoms with Crippen LogP contribution >= 0.6 is 0 Å². The van der Waals surface area contributed by atoms with Gasteiger partial charge in [-0.05, 0) is 29.0 Å². The maximum Gasteiger partial charge on any atom is 0.0933 e. The first kappa shape index (κ1) is 11.9. The SMILES string of the molecule is c1ccc(-n2ccc(-c3cccc4ccccc34)n2)cc1. The molecule has 0 aliphatic rings. The molecule has 1 aromatic heterocycles. The fraction of sp³-hybridized carbons (Fsp3) is 0. The van der Waals surface area contributed by atoms with E-state index in [1.807, 2.05) is 29.1 Å². The highest BCUT2D eigenvalue weighted by molar-refractivity contribution is 5.95. The summed E-state index contributed by atoms with van der Waals surface area (Å²) in [5, 5.41) is 7.19. The Morgan fingerprint density at radius 2 is 1.43 bits per heavy atom. The molecule has 0 atom stereocenters. The van der Waals surface area contributed by atoms with E-state index in [-0.39, 0.29) is 0 Å². The van der Waals surface area contributed by atoms with Gasteiger partial charge < -0.3 is 0 Å². The van der Waals surface area contributed by atoms with Crippen molar-refractivity contribution >= 4 is 10.8 Å². The standard InChI is InChI=1S/C19H14N2/c1-2-9-16(10-3-1)21-14-13-19(20-21)18-12-6-8-15-7-4-5-11-17(15)18/h1-14H. The molecule has 0 aliphatic carbocycles. The van der Waals surface area contributed by atoms with Crippen molar-refractivity contribution in [2.45, 2.75) is 0 Å². The molecule has 2 heteroatoms. The van der Waals surface area contributed by atoms with Crippen LogP contribution in [0.25, 0.3) is 27.7 Å². The van der Waals surface area contributed by atoms with E-state index in [0.717, 1.165) is 11.4 Å². The summed E-state index contributed by atoms with van der Waals surface area (Å²) in [6, 6.07) is 27.0. The highest BCUT2D eigenvalue weighted by Gasteiger charge is 2.07. The third-order valence-corrected chi connectivity index (χ3v) is 3.68. The maximum atomic E-state index is 4.72. The molecule has 0 bridgehead atoms. The fourth-order valence-electron chi connectivity index (χ4n) is 2.64. The van der Waals surface area contributed by atoms with E-state index >= 15 is 0 Å². The molecule has 0 unspecified atom stereocenters. The lowest BCUT2D eigenvalue weighted by Crippen LogP contribution is -1.94. The van der Waals surface area contributed by atoms with Crippen LogP contribution in [0, 0.1) is 0 Å². The lowest BCUT2D eigenvalue weighted by molar-refractivity contribution is 0.885. The highest BCUT2D eigenvalue weighted by Crippen LogP contribution is 2.27. The summed E-state index contributed by atoms with van der Waals surface area (Å²) in [6.07, 6.45) is 2.01. The Kier molecular flexibility index (Phi) is 2.79. The van der Waals surface area contributed by atoms with Crippen LogP contribution in [0.2, 0.25) is 0 Å². The summed E-state index contributed by atoms with van der Waals surface area (Å²) >= 11 is 0. The first-order valence-corrected chi connectivity index (χ1v) is 7.01. The van der Waals surface area contributed by atoms with Crippen molar-refractivity contribution < 1.29 is 0 Å². The van der Waals surface area contributed by atoms with Crippen LogP contribution in [0.1, 0.15) is 0 Å². The second-order valence-electron chi connectivity index (χ2n) is 5.01. The minimum Gasteiger partial charge on any atom is -0.240 e. The van der Waals surface area contributed by atoms with Crippen LogP contribution in [0.3, 0.4) is 0 Å². The fourth-order valence-corrected chi connectivity index (χ4v) is 2.64. The molecule has 3 aromatic carbocycles. The molecule has 0 amide bonds. The molecule has 0 saturated heterocycles. The Labute approximate surface area is 123 Å². The molecule has 21 heavy (non-hydrogen) atoms. The summed E-state index contributed by atoms with van der Waals surface area (Å²) in [4.78, 5) is 0. The summed E-state index contributed by atoms with van der Waals surface area (Å²) in [6.45, 7) is 0. The molecule has 0 radical (unpaired) electrons. The molecule has 4 aromatic rings. The summed E-state index contributed by atoms with van der Waals surface area (Å²) in [7, 11) is 0. The number of rotatable bonds is 2. The van der Waals surface area contributed by atoms with E-state index in [9.17, 15) is 0 Å². The monoisotopic (exact) mass is 270 g/mol. The van der Waals surface area contributed by atoms with Gasteiger partial charge in [0.15, 0.2) is 0 Å². The number of aromatic nitrogens is 2. The minimum absolute atomic E-state index is 0.996. The molecule has 1 heterocycles. The highest BCUT2D eigenvalue weighted by atomic mass is 15.3. The van der Waals surface area contributed by atoms with E-state index in [0.29, 0.717) is 0 Å². The average Bonchev–Trinajstić information content (AvgIpc) is 3.05. The van der Waals surface area contributed by atoms with Gasteiger partial charge in [0.1, 0.15) is 0 Å². The van der Waals surface area contributed by atoms with Gasteiger partial charge in [0, 0.05) is 11.8 Å². The smallest absolute Gasteiger partial charge is 0.0933 e. The van der Waals surface area contributed by atoms with Gasteiger partial charge in [-0.25, -0.2) is 4.68 Å². The minimum atomic E-state index is 0.996. The number of hydrogen-bond acceptors (Lipinski definition) is 1. The first-order valence-electron chi connectivity index (χ1n) is 7.01. The predicted molar refractivity (Wildman–Crippen MR) is 86.5 cm³/mol. The molecule has 0 fully saturated rings. The first-order chi connectivity index (χ1) is 10.4. The Hall–Kier alpha value is -2.87. The van der Waals surface area contributed by atoms with Gasteiger partial charge >= 0.3 is 0 Å². The normalized spacial score (nSPS) is 10.9. The third-order valence-electron chi connectivity index (χ3n) is 3.68. The van der Waals surface area contributed by atoms with Gasteiger partial charge in [-0.1, -0.05) is 60.7 Å². The Morgan fingerprint density at radius 3 is 2.33 bits per heavy atom. The molecule has 0 spiro atoms. The summed E-state index contributed by atoms with van der Waals surface area (Å²) in [5.74, 6) is 0. The lowest BCUT2D eigenvalue weighted by Gasteiger charge is -2.04. The van der Waals surface area contributed by atoms with Crippen LogP contribution < -0.4 is 0 Å². The number of fused-ring (bicyclic) bond motifs is 1. The largest absolute Gasteiger partial charge is 0.240 e. The average molecular weight is 270 g/mol. The number of hydrogen-bond donors (Lipinski definition) is 0. The molecule has 2 nitrogen and oxygen atoms in total. The molecule has 0 aliphatic heterocycles. The molecular formula is C19H14N2. The van der Waals surface area contributed by atoms with Gasteiger partial charge in [0.05, 0.1) is 11.4 Å². The predicted octanol–water partition coefficient (Wildman–Crippen LogP) is 4.69. The van der Waals surface area contributed by atoms with E-state index in [1.165, 1.54) is 16.3 Å². The van der Waals surface area contributed by atoms with Crippen LogP contribution in [0.4, 0.5) is 0 Å². The summed E-state index contributed by atoms with van der Waals surface area (Å²) in [5.41, 5.74) is 3.24. The molecule has 0 saturated carbocycles. The zero-order valence-electron chi connectivity index (χ0n) is 11.5. The quantitative estimate of drug-likeness (QED) is 0.516. The summed E-state index contributed by atoms with van der Waals surface area (Å²) < 4.78 is 1.91. The second-order valence-corrected chi connectivity index (χ2v) is 5.01. The Morgan fingerprint density at radius 1 is 0.667 bits per heavy atom. The molecule has 0 N–H and O–H groups in total.